The van der Waals surface area contributed by atoms with Crippen molar-refractivity contribution in [3.8, 4) is 0 Å². The Bertz CT molecular complexity index is 363. The second kappa shape index (κ2) is 5.39. The monoisotopic (exact) mass is 246 g/mol. The van der Waals surface area contributed by atoms with Gasteiger partial charge in [0.1, 0.15) is 4.88 Å². The van der Waals surface area contributed by atoms with Crippen LogP contribution in [0.5, 0.6) is 0 Å². The minimum absolute atomic E-state index is 0.345. The summed E-state index contributed by atoms with van der Waals surface area (Å²) in [7, 11) is 0. The lowest BCUT2D eigenvalue weighted by Gasteiger charge is -2.00. The summed E-state index contributed by atoms with van der Waals surface area (Å²) in [5.74, 6) is -0.366. The van der Waals surface area contributed by atoms with Gasteiger partial charge in [-0.25, -0.2) is 4.79 Å². The van der Waals surface area contributed by atoms with Crippen LogP contribution >= 0.6 is 23.1 Å². The van der Waals surface area contributed by atoms with Gasteiger partial charge in [0, 0.05) is 12.1 Å². The first-order valence-electron chi connectivity index (χ1n) is 4.48. The number of carbonyl (C=O) groups excluding carboxylic acids is 1. The van der Waals surface area contributed by atoms with Gasteiger partial charge in [-0.15, -0.1) is 23.1 Å². The highest BCUT2D eigenvalue weighted by Crippen LogP contribution is 2.37. The molecule has 0 aliphatic rings. The number of esters is 1. The van der Waals surface area contributed by atoms with E-state index in [4.69, 9.17) is 16.2 Å². The number of rotatable bonds is 4. The number of hydrogen-bond acceptors (Lipinski definition) is 6. The van der Waals surface area contributed by atoms with Crippen LogP contribution in [0.15, 0.2) is 4.21 Å². The number of ether oxygens (including phenoxy) is 1. The highest BCUT2D eigenvalue weighted by Gasteiger charge is 2.20. The standard InChI is InChI=1S/C9H14N2O2S2/c1-3-13-8(12)7-6(11)5(4-10)9(14-2)15-7/h3-4,10-11H2,1-2H3. The molecule has 1 heterocycles. The number of carbonyl (C=O) groups is 1. The molecule has 0 aliphatic heterocycles. The summed E-state index contributed by atoms with van der Waals surface area (Å²) >= 11 is 2.88. The normalized spacial score (nSPS) is 10.3. The summed E-state index contributed by atoms with van der Waals surface area (Å²) in [5.41, 5.74) is 12.7. The molecule has 4 N–H and O–H groups in total. The molecule has 0 aliphatic carbocycles. The number of thiophene rings is 1. The molecule has 0 spiro atoms. The first kappa shape index (κ1) is 12.4. The van der Waals surface area contributed by atoms with Gasteiger partial charge < -0.3 is 16.2 Å². The second-order valence-electron chi connectivity index (χ2n) is 2.74. The third-order valence-corrected chi connectivity index (χ3v) is 4.25. The quantitative estimate of drug-likeness (QED) is 0.624. The first-order valence-corrected chi connectivity index (χ1v) is 6.52. The van der Waals surface area contributed by atoms with Gasteiger partial charge >= 0.3 is 5.97 Å². The predicted octanol–water partition coefficient (Wildman–Crippen LogP) is 1.69. The van der Waals surface area contributed by atoms with Crippen LogP contribution in [0.2, 0.25) is 0 Å². The maximum atomic E-state index is 11.5. The molecule has 84 valence electrons. The van der Waals surface area contributed by atoms with Crippen LogP contribution in [0.25, 0.3) is 0 Å². The van der Waals surface area contributed by atoms with E-state index in [1.54, 1.807) is 18.7 Å². The number of nitrogen functional groups attached to an aromatic ring is 1. The van der Waals surface area contributed by atoms with Crippen LogP contribution < -0.4 is 11.5 Å². The summed E-state index contributed by atoms with van der Waals surface area (Å²) in [4.78, 5) is 12.0. The van der Waals surface area contributed by atoms with Gasteiger partial charge in [0.15, 0.2) is 0 Å². The smallest absolute Gasteiger partial charge is 0.350 e. The molecule has 0 radical (unpaired) electrons. The minimum Gasteiger partial charge on any atom is -0.462 e. The summed E-state index contributed by atoms with van der Waals surface area (Å²) in [6.07, 6.45) is 1.93. The van der Waals surface area contributed by atoms with Crippen LogP contribution in [0, 0.1) is 0 Å². The maximum absolute atomic E-state index is 11.5. The Morgan fingerprint density at radius 2 is 2.27 bits per heavy atom. The first-order chi connectivity index (χ1) is 7.15. The van der Waals surface area contributed by atoms with E-state index in [2.05, 4.69) is 0 Å². The fourth-order valence-corrected chi connectivity index (χ4v) is 3.06. The molecule has 0 saturated carbocycles. The Kier molecular flexibility index (Phi) is 4.44. The third kappa shape index (κ3) is 2.45. The molecule has 0 bridgehead atoms. The molecule has 6 heteroatoms. The molecule has 0 unspecified atom stereocenters. The van der Waals surface area contributed by atoms with Crippen LogP contribution in [-0.2, 0) is 11.3 Å². The van der Waals surface area contributed by atoms with Crippen molar-refractivity contribution in [1.29, 1.82) is 0 Å². The third-order valence-electron chi connectivity index (χ3n) is 1.86. The van der Waals surface area contributed by atoms with Crippen molar-refractivity contribution in [2.45, 2.75) is 17.7 Å². The van der Waals surface area contributed by atoms with Crippen molar-refractivity contribution >= 4 is 34.8 Å². The summed E-state index contributed by atoms with van der Waals surface area (Å²) in [6.45, 7) is 2.46. The molecule has 0 atom stereocenters. The highest BCUT2D eigenvalue weighted by molar-refractivity contribution is 8.00. The second-order valence-corrected chi connectivity index (χ2v) is 4.84. The number of hydrogen-bond donors (Lipinski definition) is 2. The van der Waals surface area contributed by atoms with Crippen LogP contribution in [-0.4, -0.2) is 18.8 Å². The van der Waals surface area contributed by atoms with Crippen molar-refractivity contribution in [2.75, 3.05) is 18.6 Å². The zero-order chi connectivity index (χ0) is 11.4. The summed E-state index contributed by atoms with van der Waals surface area (Å²) in [6, 6.07) is 0. The van der Waals surface area contributed by atoms with E-state index in [0.29, 0.717) is 23.7 Å². The Labute approximate surface area is 97.0 Å². The lowest BCUT2D eigenvalue weighted by atomic mass is 10.2. The molecule has 0 aromatic carbocycles. The van der Waals surface area contributed by atoms with Crippen molar-refractivity contribution in [3.05, 3.63) is 10.4 Å². The Morgan fingerprint density at radius 1 is 1.60 bits per heavy atom. The number of thioether (sulfide) groups is 1. The molecular weight excluding hydrogens is 232 g/mol. The fraction of sp³-hybridized carbons (Fsp3) is 0.444. The Morgan fingerprint density at radius 3 is 2.67 bits per heavy atom. The molecule has 0 saturated heterocycles. The molecule has 1 rings (SSSR count). The van der Waals surface area contributed by atoms with Gasteiger partial charge in [-0.05, 0) is 13.2 Å². The number of nitrogens with two attached hydrogens (primary N) is 2. The van der Waals surface area contributed by atoms with Gasteiger partial charge in [-0.3, -0.25) is 0 Å². The van der Waals surface area contributed by atoms with E-state index in [1.165, 1.54) is 11.3 Å². The highest BCUT2D eigenvalue weighted by atomic mass is 32.2. The molecule has 4 nitrogen and oxygen atoms in total. The van der Waals surface area contributed by atoms with Crippen molar-refractivity contribution in [3.63, 3.8) is 0 Å². The lowest BCUT2D eigenvalue weighted by Crippen LogP contribution is -2.07. The molecule has 15 heavy (non-hydrogen) atoms. The predicted molar refractivity (Wildman–Crippen MR) is 64.4 cm³/mol. The van der Waals surface area contributed by atoms with Gasteiger partial charge in [0.05, 0.1) is 16.5 Å². The topological polar surface area (TPSA) is 78.3 Å². The Balaban J connectivity index is 3.09. The average molecular weight is 246 g/mol. The largest absolute Gasteiger partial charge is 0.462 e. The van der Waals surface area contributed by atoms with Crippen molar-refractivity contribution in [1.82, 2.24) is 0 Å². The summed E-state index contributed by atoms with van der Waals surface area (Å²) < 4.78 is 5.89. The van der Waals surface area contributed by atoms with Gasteiger partial charge in [-0.2, -0.15) is 0 Å². The van der Waals surface area contributed by atoms with Crippen molar-refractivity contribution in [2.24, 2.45) is 5.73 Å². The van der Waals surface area contributed by atoms with Gasteiger partial charge in [-0.1, -0.05) is 0 Å². The molecule has 0 fully saturated rings. The van der Waals surface area contributed by atoms with Crippen LogP contribution in [0.3, 0.4) is 0 Å². The van der Waals surface area contributed by atoms with Gasteiger partial charge in [0.25, 0.3) is 0 Å². The van der Waals surface area contributed by atoms with E-state index in [1.807, 2.05) is 6.26 Å². The number of anilines is 1. The van der Waals surface area contributed by atoms with Crippen LogP contribution in [0.4, 0.5) is 5.69 Å². The molecule has 1 aromatic rings. The van der Waals surface area contributed by atoms with Crippen molar-refractivity contribution < 1.29 is 9.53 Å². The minimum atomic E-state index is -0.366. The van der Waals surface area contributed by atoms with E-state index in [-0.39, 0.29) is 5.97 Å². The fourth-order valence-electron chi connectivity index (χ4n) is 1.16. The molecular formula is C9H14N2O2S2. The zero-order valence-corrected chi connectivity index (χ0v) is 10.3. The molecule has 1 aromatic heterocycles. The van der Waals surface area contributed by atoms with Gasteiger partial charge in [0.2, 0.25) is 0 Å². The summed E-state index contributed by atoms with van der Waals surface area (Å²) in [5, 5.41) is 0. The molecule has 0 amide bonds. The lowest BCUT2D eigenvalue weighted by molar-refractivity contribution is 0.0533. The van der Waals surface area contributed by atoms with E-state index in [0.717, 1.165) is 9.77 Å². The zero-order valence-electron chi connectivity index (χ0n) is 8.70. The van der Waals surface area contributed by atoms with E-state index in [9.17, 15) is 4.79 Å². The SMILES string of the molecule is CCOC(=O)c1sc(SC)c(CN)c1N. The maximum Gasteiger partial charge on any atom is 0.350 e. The van der Waals surface area contributed by atoms with E-state index >= 15 is 0 Å². The van der Waals surface area contributed by atoms with Crippen LogP contribution in [0.1, 0.15) is 22.2 Å². The Hall–Kier alpha value is -0.720. The average Bonchev–Trinajstić information content (AvgIpc) is 2.55. The van der Waals surface area contributed by atoms with E-state index < -0.39 is 0 Å².